The number of aromatic hydroxyl groups is 1. The van der Waals surface area contributed by atoms with E-state index >= 15 is 0 Å². The van der Waals surface area contributed by atoms with Gasteiger partial charge in [-0.2, -0.15) is 4.52 Å². The molecule has 0 unspecified atom stereocenters. The zero-order valence-corrected chi connectivity index (χ0v) is 15.1. The summed E-state index contributed by atoms with van der Waals surface area (Å²) in [5.74, 6) is 0.976. The fourth-order valence-electron chi connectivity index (χ4n) is 3.69. The molecule has 132 valence electrons. The molecule has 2 aromatic heterocycles. The van der Waals surface area contributed by atoms with Gasteiger partial charge in [-0.1, -0.05) is 36.5 Å². The Morgan fingerprint density at radius 2 is 2.16 bits per heavy atom. The molecular weight excluding hydrogens is 339 g/mol. The summed E-state index contributed by atoms with van der Waals surface area (Å²) in [6.45, 7) is 5.77. The van der Waals surface area contributed by atoms with Gasteiger partial charge < -0.3 is 5.11 Å². The molecule has 1 N–H and O–H groups in total. The predicted molar refractivity (Wildman–Crippen MR) is 95.5 cm³/mol. The van der Waals surface area contributed by atoms with E-state index in [4.69, 9.17) is 0 Å². The number of hydrogen-bond donors (Lipinski definition) is 1. The molecule has 3 aromatic rings. The van der Waals surface area contributed by atoms with E-state index in [2.05, 4.69) is 21.9 Å². The van der Waals surface area contributed by atoms with Crippen molar-refractivity contribution in [2.45, 2.75) is 32.7 Å². The van der Waals surface area contributed by atoms with Gasteiger partial charge >= 0.3 is 0 Å². The molecule has 7 heteroatoms. The Labute approximate surface area is 149 Å². The summed E-state index contributed by atoms with van der Waals surface area (Å²) in [5, 5.41) is 15.0. The molecule has 1 aliphatic rings. The lowest BCUT2D eigenvalue weighted by Gasteiger charge is -2.37. The highest BCUT2D eigenvalue weighted by molar-refractivity contribution is 7.17. The molecule has 0 radical (unpaired) electrons. The first-order chi connectivity index (χ1) is 12.0. The summed E-state index contributed by atoms with van der Waals surface area (Å²) in [4.78, 5) is 7.96. The number of thiazole rings is 1. The maximum Gasteiger partial charge on any atom is 0.230 e. The van der Waals surface area contributed by atoms with E-state index in [1.165, 1.54) is 28.3 Å². The van der Waals surface area contributed by atoms with Crippen molar-refractivity contribution in [2.75, 3.05) is 13.1 Å². The van der Waals surface area contributed by atoms with Crippen LogP contribution in [0.5, 0.6) is 5.88 Å². The predicted octanol–water partition coefficient (Wildman–Crippen LogP) is 3.77. The average molecular weight is 360 g/mol. The van der Waals surface area contributed by atoms with Crippen LogP contribution in [0.15, 0.2) is 24.3 Å². The molecule has 0 bridgehead atoms. The monoisotopic (exact) mass is 360 g/mol. The summed E-state index contributed by atoms with van der Waals surface area (Å²) >= 11 is 1.38. The number of rotatable bonds is 3. The first-order valence-electron chi connectivity index (χ1n) is 8.58. The Morgan fingerprint density at radius 1 is 1.36 bits per heavy atom. The van der Waals surface area contributed by atoms with Gasteiger partial charge in [-0.3, -0.25) is 4.90 Å². The molecule has 5 nitrogen and oxygen atoms in total. The van der Waals surface area contributed by atoms with E-state index in [0.717, 1.165) is 19.5 Å². The van der Waals surface area contributed by atoms with Crippen molar-refractivity contribution in [3.63, 3.8) is 0 Å². The smallest absolute Gasteiger partial charge is 0.230 e. The zero-order chi connectivity index (χ0) is 17.6. The minimum atomic E-state index is -0.322. The van der Waals surface area contributed by atoms with E-state index in [1.807, 2.05) is 6.07 Å². The normalized spacial score (nSPS) is 20.2. The third kappa shape index (κ3) is 2.91. The Kier molecular flexibility index (Phi) is 4.21. The third-order valence-electron chi connectivity index (χ3n) is 4.81. The summed E-state index contributed by atoms with van der Waals surface area (Å²) in [5.41, 5.74) is 0.591. The van der Waals surface area contributed by atoms with Crippen molar-refractivity contribution in [2.24, 2.45) is 5.92 Å². The van der Waals surface area contributed by atoms with Gasteiger partial charge in [0.2, 0.25) is 10.8 Å². The molecule has 25 heavy (non-hydrogen) atoms. The fourth-order valence-corrected chi connectivity index (χ4v) is 4.84. The van der Waals surface area contributed by atoms with E-state index in [1.54, 1.807) is 19.1 Å². The molecule has 2 atom stereocenters. The molecule has 0 saturated carbocycles. The van der Waals surface area contributed by atoms with Gasteiger partial charge in [0.15, 0.2) is 0 Å². The Bertz CT molecular complexity index is 906. The molecular formula is C18H21FN4OS. The fraction of sp³-hybridized carbons (Fsp3) is 0.444. The van der Waals surface area contributed by atoms with Gasteiger partial charge in [0.25, 0.3) is 0 Å². The number of hydrogen-bond acceptors (Lipinski definition) is 5. The second-order valence-electron chi connectivity index (χ2n) is 6.81. The van der Waals surface area contributed by atoms with Crippen LogP contribution in [0.2, 0.25) is 0 Å². The molecule has 0 spiro atoms. The lowest BCUT2D eigenvalue weighted by atomic mass is 9.95. The average Bonchev–Trinajstić information content (AvgIpc) is 3.08. The number of aryl methyl sites for hydroxylation is 1. The van der Waals surface area contributed by atoms with E-state index < -0.39 is 0 Å². The lowest BCUT2D eigenvalue weighted by Crippen LogP contribution is -2.38. The van der Waals surface area contributed by atoms with Gasteiger partial charge in [0.1, 0.15) is 11.6 Å². The van der Waals surface area contributed by atoms with Gasteiger partial charge in [-0.15, -0.1) is 5.10 Å². The Balaban J connectivity index is 1.85. The van der Waals surface area contributed by atoms with Crippen LogP contribution in [0.4, 0.5) is 4.39 Å². The van der Waals surface area contributed by atoms with Crippen LogP contribution in [0.1, 0.15) is 42.1 Å². The molecule has 1 saturated heterocycles. The minimum Gasteiger partial charge on any atom is -0.492 e. The van der Waals surface area contributed by atoms with E-state index in [0.29, 0.717) is 27.1 Å². The largest absolute Gasteiger partial charge is 0.492 e. The second-order valence-corrected chi connectivity index (χ2v) is 7.82. The van der Waals surface area contributed by atoms with Gasteiger partial charge in [-0.05, 0) is 38.3 Å². The van der Waals surface area contributed by atoms with Crippen molar-refractivity contribution in [1.29, 1.82) is 0 Å². The summed E-state index contributed by atoms with van der Waals surface area (Å²) in [7, 11) is 0. The summed E-state index contributed by atoms with van der Waals surface area (Å²) in [6, 6.07) is 6.50. The highest BCUT2D eigenvalue weighted by Gasteiger charge is 2.33. The zero-order valence-electron chi connectivity index (χ0n) is 14.3. The number of fused-ring (bicyclic) bond motifs is 1. The molecule has 1 fully saturated rings. The van der Waals surface area contributed by atoms with Crippen LogP contribution in [-0.4, -0.2) is 37.7 Å². The van der Waals surface area contributed by atoms with Crippen molar-refractivity contribution < 1.29 is 9.50 Å². The molecule has 0 aliphatic carbocycles. The maximum absolute atomic E-state index is 14.6. The minimum absolute atomic E-state index is 0.0621. The SMILES string of the molecule is Cc1nc2sc([C@@H](c3ccccc3F)N3CCC[C@H](C)C3)c(O)n2n1. The van der Waals surface area contributed by atoms with Crippen LogP contribution in [-0.2, 0) is 0 Å². The first kappa shape index (κ1) is 16.5. The number of piperidine rings is 1. The van der Waals surface area contributed by atoms with Crippen LogP contribution in [0.25, 0.3) is 4.96 Å². The molecule has 1 aromatic carbocycles. The van der Waals surface area contributed by atoms with Crippen molar-refractivity contribution in [3.05, 3.63) is 46.3 Å². The van der Waals surface area contributed by atoms with Crippen molar-refractivity contribution >= 4 is 16.3 Å². The van der Waals surface area contributed by atoms with E-state index in [-0.39, 0.29) is 17.7 Å². The van der Waals surface area contributed by atoms with Crippen LogP contribution in [0, 0.1) is 18.7 Å². The molecule has 4 rings (SSSR count). The van der Waals surface area contributed by atoms with Crippen LogP contribution in [0.3, 0.4) is 0 Å². The first-order valence-corrected chi connectivity index (χ1v) is 9.39. The van der Waals surface area contributed by atoms with Crippen LogP contribution >= 0.6 is 11.3 Å². The molecule has 1 aliphatic heterocycles. The van der Waals surface area contributed by atoms with Gasteiger partial charge in [0.05, 0.1) is 10.9 Å². The highest BCUT2D eigenvalue weighted by Crippen LogP contribution is 2.41. The summed E-state index contributed by atoms with van der Waals surface area (Å²) in [6.07, 6.45) is 2.26. The third-order valence-corrected chi connectivity index (χ3v) is 5.88. The molecule has 0 amide bonds. The summed E-state index contributed by atoms with van der Waals surface area (Å²) < 4.78 is 16.1. The quantitative estimate of drug-likeness (QED) is 0.773. The number of benzene rings is 1. The van der Waals surface area contributed by atoms with Gasteiger partial charge in [0, 0.05) is 12.1 Å². The molecule has 3 heterocycles. The maximum atomic E-state index is 14.6. The number of aromatic nitrogens is 3. The lowest BCUT2D eigenvalue weighted by molar-refractivity contribution is 0.147. The number of halogens is 1. The Hall–Kier alpha value is -1.99. The van der Waals surface area contributed by atoms with Crippen LogP contribution < -0.4 is 0 Å². The van der Waals surface area contributed by atoms with E-state index in [9.17, 15) is 9.50 Å². The Morgan fingerprint density at radius 3 is 2.88 bits per heavy atom. The topological polar surface area (TPSA) is 53.7 Å². The second kappa shape index (κ2) is 6.38. The standard InChI is InChI=1S/C18H21FN4OS/c1-11-6-5-9-22(10-11)15(13-7-3-4-8-14(13)19)16-17(24)23-18(25-16)20-12(2)21-23/h3-4,7-8,11,15,24H,5-6,9-10H2,1-2H3/t11-,15+/m0/s1. The highest BCUT2D eigenvalue weighted by atomic mass is 32.1. The number of likely N-dealkylation sites (tertiary alicyclic amines) is 1. The van der Waals surface area contributed by atoms with Gasteiger partial charge in [-0.25, -0.2) is 9.37 Å². The number of nitrogens with zero attached hydrogens (tertiary/aromatic N) is 4. The van der Waals surface area contributed by atoms with Crippen molar-refractivity contribution in [3.8, 4) is 5.88 Å². The van der Waals surface area contributed by atoms with Crippen molar-refractivity contribution in [1.82, 2.24) is 19.5 Å².